The molecule has 96 valence electrons. The molecule has 0 radical (unpaired) electrons. The minimum Gasteiger partial charge on any atom is -0.397 e. The lowest BCUT2D eigenvalue weighted by atomic mass is 10.1. The third kappa shape index (κ3) is 1.66. The van der Waals surface area contributed by atoms with Gasteiger partial charge >= 0.3 is 0 Å². The molecule has 0 atom stereocenters. The summed E-state index contributed by atoms with van der Waals surface area (Å²) in [5, 5.41) is 0. The Morgan fingerprint density at radius 3 is 2.37 bits per heavy atom. The van der Waals surface area contributed by atoms with E-state index in [0.29, 0.717) is 11.1 Å². The van der Waals surface area contributed by atoms with Gasteiger partial charge in [-0.15, -0.1) is 0 Å². The van der Waals surface area contributed by atoms with Crippen molar-refractivity contribution in [2.75, 3.05) is 0 Å². The fourth-order valence-corrected chi connectivity index (χ4v) is 4.02. The first-order valence-electron chi connectivity index (χ1n) is 5.62. The summed E-state index contributed by atoms with van der Waals surface area (Å²) in [6.45, 7) is 0. The molecule has 1 heterocycles. The molecule has 1 aliphatic rings. The van der Waals surface area contributed by atoms with Crippen LogP contribution in [0.15, 0.2) is 53.4 Å². The fraction of sp³-hybridized carbons (Fsp3) is 0. The molecule has 3 nitrogen and oxygen atoms in total. The van der Waals surface area contributed by atoms with E-state index < -0.39 is 15.7 Å². The predicted molar refractivity (Wildman–Crippen MR) is 71.0 cm³/mol. The van der Waals surface area contributed by atoms with Crippen LogP contribution in [0.4, 0.5) is 4.39 Å². The van der Waals surface area contributed by atoms with Crippen molar-refractivity contribution in [3.05, 3.63) is 65.5 Å². The van der Waals surface area contributed by atoms with Gasteiger partial charge in [0.2, 0.25) is 9.84 Å². The second kappa shape index (κ2) is 3.93. The standard InChI is InChI=1S/C14H10FNO2S/c15-10-6-7-11-12(8-10)19(17,18)14(13(11)16)9-4-2-1-3-5-9/h1-8H,16H2. The number of benzene rings is 2. The molecule has 0 fully saturated rings. The van der Waals surface area contributed by atoms with Gasteiger partial charge in [0.1, 0.15) is 10.7 Å². The highest BCUT2D eigenvalue weighted by Gasteiger charge is 2.35. The van der Waals surface area contributed by atoms with Crippen LogP contribution in [0.3, 0.4) is 0 Å². The maximum absolute atomic E-state index is 13.2. The average Bonchev–Trinajstić information content (AvgIpc) is 2.58. The molecular formula is C14H10FNO2S. The van der Waals surface area contributed by atoms with Crippen LogP contribution in [-0.2, 0) is 9.84 Å². The van der Waals surface area contributed by atoms with Gasteiger partial charge in [0.25, 0.3) is 0 Å². The lowest BCUT2D eigenvalue weighted by Gasteiger charge is -2.03. The summed E-state index contributed by atoms with van der Waals surface area (Å²) in [4.78, 5) is -0.0162. The molecule has 0 saturated heterocycles. The third-order valence-corrected chi connectivity index (χ3v) is 4.98. The van der Waals surface area contributed by atoms with Crippen molar-refractivity contribution in [2.45, 2.75) is 4.90 Å². The molecule has 3 rings (SSSR count). The maximum atomic E-state index is 13.2. The molecule has 0 unspecified atom stereocenters. The molecule has 2 N–H and O–H groups in total. The molecule has 0 spiro atoms. The average molecular weight is 275 g/mol. The van der Waals surface area contributed by atoms with E-state index >= 15 is 0 Å². The van der Waals surface area contributed by atoms with Crippen molar-refractivity contribution in [1.29, 1.82) is 0 Å². The van der Waals surface area contributed by atoms with Crippen LogP contribution in [0.2, 0.25) is 0 Å². The van der Waals surface area contributed by atoms with E-state index in [1.807, 2.05) is 0 Å². The van der Waals surface area contributed by atoms with Gasteiger partial charge in [-0.05, 0) is 23.8 Å². The Morgan fingerprint density at radius 1 is 1.00 bits per heavy atom. The van der Waals surface area contributed by atoms with Crippen LogP contribution >= 0.6 is 0 Å². The largest absolute Gasteiger partial charge is 0.397 e. The van der Waals surface area contributed by atoms with Crippen LogP contribution in [-0.4, -0.2) is 8.42 Å². The minimum atomic E-state index is -3.76. The van der Waals surface area contributed by atoms with E-state index in [1.165, 1.54) is 12.1 Å². The van der Waals surface area contributed by atoms with Crippen LogP contribution < -0.4 is 5.73 Å². The predicted octanol–water partition coefficient (Wildman–Crippen LogP) is 2.40. The zero-order valence-electron chi connectivity index (χ0n) is 9.80. The summed E-state index contributed by atoms with van der Waals surface area (Å²) in [5.41, 5.74) is 6.97. The monoisotopic (exact) mass is 275 g/mol. The molecular weight excluding hydrogens is 265 g/mol. The van der Waals surface area contributed by atoms with Crippen LogP contribution in [0.5, 0.6) is 0 Å². The normalized spacial score (nSPS) is 16.5. The van der Waals surface area contributed by atoms with Gasteiger partial charge in [0, 0.05) is 5.56 Å². The van der Waals surface area contributed by atoms with E-state index in [9.17, 15) is 12.8 Å². The lowest BCUT2D eigenvalue weighted by molar-refractivity contribution is 0.600. The van der Waals surface area contributed by atoms with E-state index in [1.54, 1.807) is 30.3 Å². The molecule has 0 bridgehead atoms. The Kier molecular flexibility index (Phi) is 2.46. The molecule has 0 saturated carbocycles. The number of nitrogens with two attached hydrogens (primary N) is 1. The topological polar surface area (TPSA) is 60.2 Å². The van der Waals surface area contributed by atoms with Crippen molar-refractivity contribution in [2.24, 2.45) is 5.73 Å². The van der Waals surface area contributed by atoms with E-state index in [2.05, 4.69) is 0 Å². The Labute approximate surface area is 110 Å². The van der Waals surface area contributed by atoms with Crippen molar-refractivity contribution < 1.29 is 12.8 Å². The first-order chi connectivity index (χ1) is 9.01. The van der Waals surface area contributed by atoms with Gasteiger partial charge in [-0.3, -0.25) is 0 Å². The number of sulfone groups is 1. The molecule has 0 aliphatic carbocycles. The highest BCUT2D eigenvalue weighted by atomic mass is 32.2. The summed E-state index contributed by atoms with van der Waals surface area (Å²) < 4.78 is 38.1. The Morgan fingerprint density at radius 2 is 1.68 bits per heavy atom. The van der Waals surface area contributed by atoms with Gasteiger partial charge in [0.05, 0.1) is 10.6 Å². The van der Waals surface area contributed by atoms with Gasteiger partial charge in [-0.25, -0.2) is 12.8 Å². The minimum absolute atomic E-state index is 0.0497. The summed E-state index contributed by atoms with van der Waals surface area (Å²) in [6.07, 6.45) is 0. The van der Waals surface area contributed by atoms with Crippen molar-refractivity contribution in [1.82, 2.24) is 0 Å². The molecule has 0 amide bonds. The highest BCUT2D eigenvalue weighted by molar-refractivity contribution is 8.01. The highest BCUT2D eigenvalue weighted by Crippen LogP contribution is 2.41. The molecule has 5 heteroatoms. The number of halogens is 1. The van der Waals surface area contributed by atoms with E-state index in [4.69, 9.17) is 5.73 Å². The Hall–Kier alpha value is -2.14. The third-order valence-electron chi connectivity index (χ3n) is 3.07. The van der Waals surface area contributed by atoms with Crippen molar-refractivity contribution in [3.63, 3.8) is 0 Å². The first kappa shape index (κ1) is 11.9. The van der Waals surface area contributed by atoms with E-state index in [0.717, 1.165) is 6.07 Å². The number of hydrogen-bond donors (Lipinski definition) is 1. The quantitative estimate of drug-likeness (QED) is 0.869. The summed E-state index contributed by atoms with van der Waals surface area (Å²) in [6, 6.07) is 12.2. The SMILES string of the molecule is NC1=C(c2ccccc2)S(=O)(=O)c2cc(F)ccc21. The van der Waals surface area contributed by atoms with Gasteiger partial charge in [-0.2, -0.15) is 0 Å². The zero-order valence-corrected chi connectivity index (χ0v) is 10.6. The Balaban J connectivity index is 2.33. The number of rotatable bonds is 1. The maximum Gasteiger partial charge on any atom is 0.210 e. The lowest BCUT2D eigenvalue weighted by Crippen LogP contribution is -2.01. The molecule has 1 aliphatic heterocycles. The molecule has 2 aromatic carbocycles. The fourth-order valence-electron chi connectivity index (χ4n) is 2.22. The molecule has 0 aromatic heterocycles. The summed E-state index contributed by atoms with van der Waals surface area (Å²) in [7, 11) is -3.76. The first-order valence-corrected chi connectivity index (χ1v) is 7.10. The Bertz CT molecular complexity index is 795. The summed E-state index contributed by atoms with van der Waals surface area (Å²) >= 11 is 0. The van der Waals surface area contributed by atoms with Crippen LogP contribution in [0.1, 0.15) is 11.1 Å². The van der Waals surface area contributed by atoms with Gasteiger partial charge in [0.15, 0.2) is 0 Å². The smallest absolute Gasteiger partial charge is 0.210 e. The molecule has 2 aromatic rings. The molecule has 19 heavy (non-hydrogen) atoms. The number of fused-ring (bicyclic) bond motifs is 1. The summed E-state index contributed by atoms with van der Waals surface area (Å²) in [5.74, 6) is -0.593. The van der Waals surface area contributed by atoms with Crippen LogP contribution in [0, 0.1) is 5.82 Å². The van der Waals surface area contributed by atoms with Crippen molar-refractivity contribution in [3.8, 4) is 0 Å². The number of hydrogen-bond acceptors (Lipinski definition) is 3. The zero-order chi connectivity index (χ0) is 13.6. The van der Waals surface area contributed by atoms with Crippen molar-refractivity contribution >= 4 is 20.4 Å². The van der Waals surface area contributed by atoms with E-state index in [-0.39, 0.29) is 15.5 Å². The van der Waals surface area contributed by atoms with Gasteiger partial charge in [-0.1, -0.05) is 30.3 Å². The van der Waals surface area contributed by atoms with Crippen LogP contribution in [0.25, 0.3) is 10.6 Å². The van der Waals surface area contributed by atoms with Gasteiger partial charge < -0.3 is 5.73 Å². The second-order valence-corrected chi connectivity index (χ2v) is 6.11. The second-order valence-electron chi connectivity index (χ2n) is 4.25.